The predicted molar refractivity (Wildman–Crippen MR) is 102 cm³/mol. The first-order chi connectivity index (χ1) is 10.9. The van der Waals surface area contributed by atoms with Gasteiger partial charge in [0.05, 0.1) is 12.2 Å². The zero-order valence-corrected chi connectivity index (χ0v) is 17.2. The molecule has 2 nitrogen and oxygen atoms in total. The van der Waals surface area contributed by atoms with Gasteiger partial charge < -0.3 is 10.2 Å². The molecule has 2 rings (SSSR count). The normalized spacial score (nSPS) is 40.4. The van der Waals surface area contributed by atoms with Crippen molar-refractivity contribution in [3.05, 3.63) is 0 Å². The molecule has 142 valence electrons. The van der Waals surface area contributed by atoms with Crippen molar-refractivity contribution in [2.24, 2.45) is 40.4 Å². The third kappa shape index (κ3) is 4.55. The fourth-order valence-electron chi connectivity index (χ4n) is 5.58. The van der Waals surface area contributed by atoms with Crippen LogP contribution in [0.2, 0.25) is 0 Å². The van der Waals surface area contributed by atoms with Crippen molar-refractivity contribution < 1.29 is 10.2 Å². The summed E-state index contributed by atoms with van der Waals surface area (Å²) >= 11 is 0. The molecule has 0 aliphatic heterocycles. The molecule has 0 aromatic rings. The van der Waals surface area contributed by atoms with Gasteiger partial charge in [-0.1, -0.05) is 48.5 Å². The summed E-state index contributed by atoms with van der Waals surface area (Å²) in [6, 6.07) is 0. The molecule has 0 saturated heterocycles. The van der Waals surface area contributed by atoms with Crippen LogP contribution in [0.3, 0.4) is 0 Å². The molecule has 6 unspecified atom stereocenters. The number of rotatable bonds is 2. The topological polar surface area (TPSA) is 40.5 Å². The van der Waals surface area contributed by atoms with E-state index in [9.17, 15) is 10.2 Å². The van der Waals surface area contributed by atoms with Crippen molar-refractivity contribution in [1.82, 2.24) is 0 Å². The maximum Gasteiger partial charge on any atom is 0.0573 e. The average Bonchev–Trinajstić information content (AvgIpc) is 2.45. The molecule has 2 fully saturated rings. The van der Waals surface area contributed by atoms with Crippen LogP contribution in [-0.2, 0) is 0 Å². The highest BCUT2D eigenvalue weighted by atomic mass is 16.3. The van der Waals surface area contributed by atoms with E-state index in [0.717, 1.165) is 24.7 Å². The van der Waals surface area contributed by atoms with E-state index in [0.29, 0.717) is 17.8 Å². The van der Waals surface area contributed by atoms with Crippen molar-refractivity contribution in [2.75, 3.05) is 0 Å². The zero-order valence-electron chi connectivity index (χ0n) is 17.2. The van der Waals surface area contributed by atoms with E-state index in [-0.39, 0.29) is 23.0 Å². The summed E-state index contributed by atoms with van der Waals surface area (Å²) in [6.07, 6.45) is 6.38. The summed E-state index contributed by atoms with van der Waals surface area (Å²) in [7, 11) is 0. The van der Waals surface area contributed by atoms with Gasteiger partial charge in [0.15, 0.2) is 0 Å². The molecule has 2 N–H and O–H groups in total. The lowest BCUT2D eigenvalue weighted by atomic mass is 9.60. The smallest absolute Gasteiger partial charge is 0.0573 e. The molecule has 0 aromatic heterocycles. The molecule has 0 aromatic carbocycles. The molecule has 6 atom stereocenters. The van der Waals surface area contributed by atoms with Gasteiger partial charge in [-0.25, -0.2) is 0 Å². The van der Waals surface area contributed by atoms with E-state index in [1.807, 2.05) is 0 Å². The maximum atomic E-state index is 10.5. The number of aliphatic hydroxyl groups excluding tert-OH is 2. The van der Waals surface area contributed by atoms with Crippen LogP contribution in [0.15, 0.2) is 0 Å². The molecule has 2 heteroatoms. The zero-order chi connectivity index (χ0) is 18.3. The van der Waals surface area contributed by atoms with Gasteiger partial charge in [-0.2, -0.15) is 0 Å². The summed E-state index contributed by atoms with van der Waals surface area (Å²) in [5, 5.41) is 20.9. The van der Waals surface area contributed by atoms with Gasteiger partial charge in [-0.05, 0) is 78.9 Å². The quantitative estimate of drug-likeness (QED) is 0.720. The highest BCUT2D eigenvalue weighted by molar-refractivity contribution is 4.93. The van der Waals surface area contributed by atoms with Gasteiger partial charge in [0.1, 0.15) is 0 Å². The Bertz CT molecular complexity index is 365. The monoisotopic (exact) mass is 338 g/mol. The lowest BCUT2D eigenvalue weighted by Gasteiger charge is -2.47. The minimum absolute atomic E-state index is 0.121. The first-order valence-corrected chi connectivity index (χ1v) is 10.3. The molecule has 2 aliphatic rings. The predicted octanol–water partition coefficient (Wildman–Crippen LogP) is 5.27. The molecule has 0 spiro atoms. The molecular weight excluding hydrogens is 296 g/mol. The second-order valence-corrected chi connectivity index (χ2v) is 11.1. The Morgan fingerprint density at radius 2 is 1.00 bits per heavy atom. The van der Waals surface area contributed by atoms with E-state index in [1.54, 1.807) is 0 Å². The van der Waals surface area contributed by atoms with Gasteiger partial charge in [0, 0.05) is 0 Å². The van der Waals surface area contributed by atoms with Crippen LogP contribution in [0.25, 0.3) is 0 Å². The van der Waals surface area contributed by atoms with Crippen LogP contribution in [0.4, 0.5) is 0 Å². The lowest BCUT2D eigenvalue weighted by molar-refractivity contribution is -0.0465. The van der Waals surface area contributed by atoms with Gasteiger partial charge in [0.25, 0.3) is 0 Å². The van der Waals surface area contributed by atoms with E-state index in [4.69, 9.17) is 0 Å². The summed E-state index contributed by atoms with van der Waals surface area (Å²) in [5.74, 6) is 3.02. The maximum absolute atomic E-state index is 10.5. The first-order valence-electron chi connectivity index (χ1n) is 10.3. The minimum Gasteiger partial charge on any atom is -0.393 e. The second-order valence-electron chi connectivity index (χ2n) is 11.1. The Balaban J connectivity index is 2.04. The molecular formula is C22H42O2. The second kappa shape index (κ2) is 7.27. The molecule has 0 radical (unpaired) electrons. The summed E-state index contributed by atoms with van der Waals surface area (Å²) in [4.78, 5) is 0. The SMILES string of the molecule is CC(C1CCC(O)C(C(C)(C)C)C1)C1CCC(O)C(C(C)(C)C)C1. The van der Waals surface area contributed by atoms with E-state index < -0.39 is 0 Å². The highest BCUT2D eigenvalue weighted by Crippen LogP contribution is 2.48. The van der Waals surface area contributed by atoms with Crippen molar-refractivity contribution in [3.63, 3.8) is 0 Å². The van der Waals surface area contributed by atoms with Crippen LogP contribution in [-0.4, -0.2) is 22.4 Å². The number of hydrogen-bond donors (Lipinski definition) is 2. The van der Waals surface area contributed by atoms with Crippen molar-refractivity contribution in [3.8, 4) is 0 Å². The lowest BCUT2D eigenvalue weighted by Crippen LogP contribution is -2.43. The van der Waals surface area contributed by atoms with Gasteiger partial charge in [-0.3, -0.25) is 0 Å². The summed E-state index contributed by atoms with van der Waals surface area (Å²) in [6.45, 7) is 16.1. The fourth-order valence-corrected chi connectivity index (χ4v) is 5.58. The van der Waals surface area contributed by atoms with Gasteiger partial charge in [-0.15, -0.1) is 0 Å². The Labute approximate surface area is 150 Å². The molecule has 2 aliphatic carbocycles. The minimum atomic E-state index is -0.121. The first kappa shape index (κ1) is 20.2. The summed E-state index contributed by atoms with van der Waals surface area (Å²) < 4.78 is 0. The molecule has 0 amide bonds. The van der Waals surface area contributed by atoms with Crippen LogP contribution in [0, 0.1) is 40.4 Å². The Morgan fingerprint density at radius 3 is 1.29 bits per heavy atom. The Hall–Kier alpha value is -0.0800. The van der Waals surface area contributed by atoms with Crippen LogP contribution >= 0.6 is 0 Å². The van der Waals surface area contributed by atoms with Crippen LogP contribution in [0.5, 0.6) is 0 Å². The third-order valence-electron chi connectivity index (χ3n) is 7.42. The van der Waals surface area contributed by atoms with Crippen LogP contribution < -0.4 is 0 Å². The molecule has 0 heterocycles. The van der Waals surface area contributed by atoms with E-state index >= 15 is 0 Å². The summed E-state index contributed by atoms with van der Waals surface area (Å²) in [5.41, 5.74) is 0.378. The third-order valence-corrected chi connectivity index (χ3v) is 7.42. The number of aliphatic hydroxyl groups is 2. The largest absolute Gasteiger partial charge is 0.393 e. The number of hydrogen-bond acceptors (Lipinski definition) is 2. The highest BCUT2D eigenvalue weighted by Gasteiger charge is 2.43. The standard InChI is InChI=1S/C22H42O2/c1-14(15-8-10-19(23)17(12-15)21(2,3)4)16-9-11-20(24)18(13-16)22(5,6)7/h14-20,23-24H,8-13H2,1-7H3. The average molecular weight is 339 g/mol. The van der Waals surface area contributed by atoms with Gasteiger partial charge in [0.2, 0.25) is 0 Å². The van der Waals surface area contributed by atoms with Crippen molar-refractivity contribution in [2.45, 2.75) is 99.2 Å². The van der Waals surface area contributed by atoms with E-state index in [1.165, 1.54) is 25.7 Å². The van der Waals surface area contributed by atoms with Crippen LogP contribution in [0.1, 0.15) is 87.0 Å². The molecule has 0 bridgehead atoms. The molecule has 24 heavy (non-hydrogen) atoms. The fraction of sp³-hybridized carbons (Fsp3) is 1.00. The van der Waals surface area contributed by atoms with Crippen molar-refractivity contribution in [1.29, 1.82) is 0 Å². The Morgan fingerprint density at radius 1 is 0.667 bits per heavy atom. The Kier molecular flexibility index (Phi) is 6.13. The molecule has 2 saturated carbocycles. The van der Waals surface area contributed by atoms with Crippen molar-refractivity contribution >= 4 is 0 Å². The van der Waals surface area contributed by atoms with Gasteiger partial charge >= 0.3 is 0 Å². The van der Waals surface area contributed by atoms with E-state index in [2.05, 4.69) is 48.5 Å².